The van der Waals surface area contributed by atoms with Gasteiger partial charge in [-0.05, 0) is 18.9 Å². The lowest BCUT2D eigenvalue weighted by molar-refractivity contribution is 0.617. The van der Waals surface area contributed by atoms with E-state index in [0.717, 1.165) is 21.8 Å². The molecule has 0 aliphatic carbocycles. The van der Waals surface area contributed by atoms with Crippen molar-refractivity contribution in [3.8, 4) is 0 Å². The molecule has 0 fully saturated rings. The van der Waals surface area contributed by atoms with Crippen LogP contribution in [0.4, 0.5) is 5.13 Å². The molecule has 1 heterocycles. The van der Waals surface area contributed by atoms with Crippen molar-refractivity contribution in [2.24, 2.45) is 0 Å². The summed E-state index contributed by atoms with van der Waals surface area (Å²) in [5, 5.41) is 12.8. The lowest BCUT2D eigenvalue weighted by atomic mass is 10.1. The van der Waals surface area contributed by atoms with Crippen LogP contribution in [-0.4, -0.2) is 16.7 Å². The van der Waals surface area contributed by atoms with Gasteiger partial charge in [-0.15, -0.1) is 10.2 Å². The van der Waals surface area contributed by atoms with Crippen molar-refractivity contribution in [1.82, 2.24) is 10.2 Å². The van der Waals surface area contributed by atoms with Crippen molar-refractivity contribution in [3.05, 3.63) is 35.4 Å². The van der Waals surface area contributed by atoms with Crippen LogP contribution in [0.25, 0.3) is 0 Å². The van der Waals surface area contributed by atoms with Crippen LogP contribution in [0.15, 0.2) is 28.6 Å². The van der Waals surface area contributed by atoms with E-state index in [1.807, 2.05) is 0 Å². The summed E-state index contributed by atoms with van der Waals surface area (Å²) in [6, 6.07) is 8.68. The summed E-state index contributed by atoms with van der Waals surface area (Å²) >= 11 is 3.41. The molecule has 126 valence electrons. The smallest absolute Gasteiger partial charge is 0.206 e. The number of rotatable bonds is 11. The van der Waals surface area contributed by atoms with Gasteiger partial charge in [-0.3, -0.25) is 0 Å². The molecule has 2 rings (SSSR count). The topological polar surface area (TPSA) is 37.8 Å². The van der Waals surface area contributed by atoms with Crippen LogP contribution in [0.1, 0.15) is 56.6 Å². The second-order valence-electron chi connectivity index (χ2n) is 5.84. The molecular formula is C18H27N3S2. The number of nitrogens with zero attached hydrogens (tertiary/aromatic N) is 2. The van der Waals surface area contributed by atoms with Gasteiger partial charge in [0, 0.05) is 12.3 Å². The maximum atomic E-state index is 4.26. The minimum Gasteiger partial charge on any atom is -0.360 e. The van der Waals surface area contributed by atoms with Gasteiger partial charge in [-0.25, -0.2) is 0 Å². The fourth-order valence-electron chi connectivity index (χ4n) is 2.27. The SMILES string of the molecule is CCCCCCCCNc1nnc(SCc2ccc(C)cc2)s1. The first-order valence-corrected chi connectivity index (χ1v) is 10.3. The molecule has 0 aliphatic heterocycles. The molecule has 0 bridgehead atoms. The maximum absolute atomic E-state index is 4.26. The van der Waals surface area contributed by atoms with Gasteiger partial charge in [-0.1, -0.05) is 92.0 Å². The summed E-state index contributed by atoms with van der Waals surface area (Å²) in [7, 11) is 0. The summed E-state index contributed by atoms with van der Waals surface area (Å²) in [4.78, 5) is 0. The number of anilines is 1. The predicted octanol–water partition coefficient (Wildman–Crippen LogP) is 5.91. The van der Waals surface area contributed by atoms with E-state index >= 15 is 0 Å². The number of nitrogens with one attached hydrogen (secondary N) is 1. The Morgan fingerprint density at radius 3 is 2.52 bits per heavy atom. The molecule has 0 amide bonds. The van der Waals surface area contributed by atoms with Crippen LogP contribution in [-0.2, 0) is 5.75 Å². The molecule has 23 heavy (non-hydrogen) atoms. The highest BCUT2D eigenvalue weighted by Crippen LogP contribution is 2.28. The summed E-state index contributed by atoms with van der Waals surface area (Å²) < 4.78 is 1.04. The van der Waals surface area contributed by atoms with Crippen molar-refractivity contribution >= 4 is 28.2 Å². The van der Waals surface area contributed by atoms with E-state index in [4.69, 9.17) is 0 Å². The number of unbranched alkanes of at least 4 members (excludes halogenated alkanes) is 5. The zero-order valence-corrected chi connectivity index (χ0v) is 15.8. The molecule has 0 spiro atoms. The summed E-state index contributed by atoms with van der Waals surface area (Å²) in [6.45, 7) is 5.37. The second kappa shape index (κ2) is 10.7. The van der Waals surface area contributed by atoms with E-state index in [1.54, 1.807) is 23.1 Å². The Morgan fingerprint density at radius 1 is 1.00 bits per heavy atom. The van der Waals surface area contributed by atoms with Gasteiger partial charge in [0.15, 0.2) is 4.34 Å². The van der Waals surface area contributed by atoms with Crippen molar-refractivity contribution in [3.63, 3.8) is 0 Å². The third-order valence-electron chi connectivity index (χ3n) is 3.70. The van der Waals surface area contributed by atoms with E-state index in [2.05, 4.69) is 53.6 Å². The van der Waals surface area contributed by atoms with Crippen molar-refractivity contribution < 1.29 is 0 Å². The molecule has 2 aromatic rings. The van der Waals surface area contributed by atoms with E-state index < -0.39 is 0 Å². The summed E-state index contributed by atoms with van der Waals surface area (Å²) in [5.74, 6) is 0.951. The number of aromatic nitrogens is 2. The molecule has 0 saturated heterocycles. The Bertz CT molecular complexity index is 552. The standard InChI is InChI=1S/C18H27N3S2/c1-3-4-5-6-7-8-13-19-17-20-21-18(23-17)22-14-16-11-9-15(2)10-12-16/h9-12H,3-8,13-14H2,1-2H3,(H,19,20). The van der Waals surface area contributed by atoms with E-state index in [0.29, 0.717) is 0 Å². The van der Waals surface area contributed by atoms with Crippen LogP contribution in [0.5, 0.6) is 0 Å². The van der Waals surface area contributed by atoms with Crippen molar-refractivity contribution in [2.45, 2.75) is 62.5 Å². The Labute approximate surface area is 148 Å². The Hall–Kier alpha value is -1.07. The highest BCUT2D eigenvalue weighted by atomic mass is 32.2. The molecule has 0 radical (unpaired) electrons. The van der Waals surface area contributed by atoms with E-state index in [1.165, 1.54) is 49.7 Å². The molecular weight excluding hydrogens is 322 g/mol. The van der Waals surface area contributed by atoms with Crippen LogP contribution in [0.3, 0.4) is 0 Å². The Morgan fingerprint density at radius 2 is 1.74 bits per heavy atom. The van der Waals surface area contributed by atoms with Crippen LogP contribution < -0.4 is 5.32 Å². The van der Waals surface area contributed by atoms with Crippen LogP contribution in [0, 0.1) is 6.92 Å². The Kier molecular flexibility index (Phi) is 8.47. The Balaban J connectivity index is 1.62. The number of hydrogen-bond donors (Lipinski definition) is 1. The van der Waals surface area contributed by atoms with Crippen LogP contribution >= 0.6 is 23.1 Å². The minimum atomic E-state index is 0.949. The molecule has 1 aromatic carbocycles. The number of hydrogen-bond acceptors (Lipinski definition) is 5. The van der Waals surface area contributed by atoms with Gasteiger partial charge < -0.3 is 5.32 Å². The summed E-state index contributed by atoms with van der Waals surface area (Å²) in [5.41, 5.74) is 2.63. The highest BCUT2D eigenvalue weighted by molar-refractivity contribution is 8.00. The van der Waals surface area contributed by atoms with E-state index in [9.17, 15) is 0 Å². The monoisotopic (exact) mass is 349 g/mol. The van der Waals surface area contributed by atoms with Crippen molar-refractivity contribution in [2.75, 3.05) is 11.9 Å². The highest BCUT2D eigenvalue weighted by Gasteiger charge is 2.04. The zero-order chi connectivity index (χ0) is 16.3. The van der Waals surface area contributed by atoms with Crippen LogP contribution in [0.2, 0.25) is 0 Å². The number of thioether (sulfide) groups is 1. The number of aryl methyl sites for hydroxylation is 1. The average Bonchev–Trinajstić information content (AvgIpc) is 3.01. The third kappa shape index (κ3) is 7.36. The van der Waals surface area contributed by atoms with Gasteiger partial charge in [0.1, 0.15) is 0 Å². The second-order valence-corrected chi connectivity index (χ2v) is 8.04. The fraction of sp³-hybridized carbons (Fsp3) is 0.556. The third-order valence-corrected chi connectivity index (χ3v) is 5.78. The first-order chi connectivity index (χ1) is 11.3. The molecule has 3 nitrogen and oxygen atoms in total. The van der Waals surface area contributed by atoms with Gasteiger partial charge >= 0.3 is 0 Å². The van der Waals surface area contributed by atoms with Gasteiger partial charge in [-0.2, -0.15) is 0 Å². The molecule has 0 atom stereocenters. The maximum Gasteiger partial charge on any atom is 0.206 e. The minimum absolute atomic E-state index is 0.949. The molecule has 0 unspecified atom stereocenters. The summed E-state index contributed by atoms with van der Waals surface area (Å²) in [6.07, 6.45) is 7.92. The molecule has 5 heteroatoms. The van der Waals surface area contributed by atoms with Gasteiger partial charge in [0.25, 0.3) is 0 Å². The quantitative estimate of drug-likeness (QED) is 0.404. The normalized spacial score (nSPS) is 10.9. The lowest BCUT2D eigenvalue weighted by Gasteiger charge is -2.02. The number of benzene rings is 1. The van der Waals surface area contributed by atoms with Gasteiger partial charge in [0.2, 0.25) is 5.13 Å². The van der Waals surface area contributed by atoms with E-state index in [-0.39, 0.29) is 0 Å². The molecule has 0 aliphatic rings. The van der Waals surface area contributed by atoms with Gasteiger partial charge in [0.05, 0.1) is 0 Å². The lowest BCUT2D eigenvalue weighted by Crippen LogP contribution is -2.00. The molecule has 0 saturated carbocycles. The van der Waals surface area contributed by atoms with Crippen molar-refractivity contribution in [1.29, 1.82) is 0 Å². The molecule has 1 N–H and O–H groups in total. The molecule has 1 aromatic heterocycles. The fourth-order valence-corrected chi connectivity index (χ4v) is 4.00. The largest absolute Gasteiger partial charge is 0.360 e. The average molecular weight is 350 g/mol. The first-order valence-electron chi connectivity index (χ1n) is 8.53. The first kappa shape index (κ1) is 18.3. The predicted molar refractivity (Wildman–Crippen MR) is 103 cm³/mol. The zero-order valence-electron chi connectivity index (χ0n) is 14.2.